The molecule has 1 heterocycles. The minimum Gasteiger partial charge on any atom is -0.486 e. The van der Waals surface area contributed by atoms with Gasteiger partial charge in [-0.1, -0.05) is 11.6 Å². The van der Waals surface area contributed by atoms with Gasteiger partial charge in [0, 0.05) is 6.04 Å². The van der Waals surface area contributed by atoms with Crippen LogP contribution in [0, 0.1) is 0 Å². The van der Waals surface area contributed by atoms with Crippen molar-refractivity contribution in [2.75, 3.05) is 20.3 Å². The van der Waals surface area contributed by atoms with Crippen molar-refractivity contribution in [3.63, 3.8) is 0 Å². The Kier molecular flexibility index (Phi) is 4.26. The van der Waals surface area contributed by atoms with Gasteiger partial charge in [0.2, 0.25) is 0 Å². The summed E-state index contributed by atoms with van der Waals surface area (Å²) < 4.78 is 11.1. The summed E-state index contributed by atoms with van der Waals surface area (Å²) in [5.41, 5.74) is 2.45. The molecule has 0 aromatic heterocycles. The molecule has 0 saturated carbocycles. The molecule has 1 N–H and O–H groups in total. The number of allylic oxidation sites excluding steroid dienone is 1. The second-order valence-electron chi connectivity index (χ2n) is 4.74. The van der Waals surface area contributed by atoms with E-state index in [4.69, 9.17) is 9.47 Å². The molecule has 1 atom stereocenters. The van der Waals surface area contributed by atoms with E-state index in [1.54, 1.807) is 0 Å². The van der Waals surface area contributed by atoms with Crippen LogP contribution in [0.25, 0.3) is 0 Å². The van der Waals surface area contributed by atoms with Gasteiger partial charge in [-0.25, -0.2) is 0 Å². The van der Waals surface area contributed by atoms with E-state index >= 15 is 0 Å². The average Bonchev–Trinajstić information content (AvgIpc) is 2.39. The van der Waals surface area contributed by atoms with Crippen LogP contribution in [0.2, 0.25) is 0 Å². The fourth-order valence-corrected chi connectivity index (χ4v) is 2.15. The molecule has 0 amide bonds. The van der Waals surface area contributed by atoms with Crippen LogP contribution in [0.15, 0.2) is 30.4 Å². The Morgan fingerprint density at radius 2 is 2.06 bits per heavy atom. The molecule has 3 heteroatoms. The van der Waals surface area contributed by atoms with Crippen LogP contribution < -0.4 is 14.8 Å². The van der Waals surface area contributed by atoms with Crippen molar-refractivity contribution in [1.82, 2.24) is 5.32 Å². The van der Waals surface area contributed by atoms with E-state index in [2.05, 4.69) is 31.0 Å². The van der Waals surface area contributed by atoms with E-state index in [-0.39, 0.29) is 0 Å². The van der Waals surface area contributed by atoms with Crippen LogP contribution in [0.3, 0.4) is 0 Å². The van der Waals surface area contributed by atoms with Crippen LogP contribution in [0.5, 0.6) is 11.5 Å². The predicted octanol–water partition coefficient (Wildman–Crippen LogP) is 3.07. The molecule has 0 fully saturated rings. The molecule has 0 aliphatic carbocycles. The highest BCUT2D eigenvalue weighted by Gasteiger charge is 2.15. The molecular weight excluding hydrogens is 226 g/mol. The minimum atomic E-state index is 0.331. The van der Waals surface area contributed by atoms with Crippen LogP contribution in [0.1, 0.15) is 31.4 Å². The summed E-state index contributed by atoms with van der Waals surface area (Å²) >= 11 is 0. The SMILES string of the molecule is C=C(C)CCC(NC)c1ccc2c(c1)OCCO2. The van der Waals surface area contributed by atoms with E-state index in [0.29, 0.717) is 19.3 Å². The molecule has 1 aromatic rings. The number of rotatable bonds is 5. The van der Waals surface area contributed by atoms with E-state index in [0.717, 1.165) is 24.3 Å². The van der Waals surface area contributed by atoms with Crippen molar-refractivity contribution in [2.24, 2.45) is 0 Å². The Bertz CT molecular complexity index is 429. The number of nitrogens with one attached hydrogen (secondary N) is 1. The molecule has 0 radical (unpaired) electrons. The zero-order chi connectivity index (χ0) is 13.0. The van der Waals surface area contributed by atoms with Gasteiger partial charge in [0.25, 0.3) is 0 Å². The zero-order valence-electron chi connectivity index (χ0n) is 11.2. The Morgan fingerprint density at radius 1 is 1.33 bits per heavy atom. The molecular formula is C15H21NO2. The van der Waals surface area contributed by atoms with Gasteiger partial charge < -0.3 is 14.8 Å². The Morgan fingerprint density at radius 3 is 2.72 bits per heavy atom. The largest absolute Gasteiger partial charge is 0.486 e. The van der Waals surface area contributed by atoms with Crippen molar-refractivity contribution in [3.05, 3.63) is 35.9 Å². The summed E-state index contributed by atoms with van der Waals surface area (Å²) in [6, 6.07) is 6.51. The second-order valence-corrected chi connectivity index (χ2v) is 4.74. The Hall–Kier alpha value is -1.48. The Balaban J connectivity index is 2.12. The molecule has 0 bridgehead atoms. The van der Waals surface area contributed by atoms with E-state index in [1.165, 1.54) is 11.1 Å². The van der Waals surface area contributed by atoms with Gasteiger partial charge in [-0.3, -0.25) is 0 Å². The molecule has 98 valence electrons. The van der Waals surface area contributed by atoms with E-state index < -0.39 is 0 Å². The number of benzene rings is 1. The van der Waals surface area contributed by atoms with Crippen molar-refractivity contribution in [3.8, 4) is 11.5 Å². The monoisotopic (exact) mass is 247 g/mol. The van der Waals surface area contributed by atoms with Crippen LogP contribution >= 0.6 is 0 Å². The molecule has 18 heavy (non-hydrogen) atoms. The third kappa shape index (κ3) is 3.05. The highest BCUT2D eigenvalue weighted by atomic mass is 16.6. The van der Waals surface area contributed by atoms with E-state index in [1.807, 2.05) is 13.1 Å². The number of hydrogen-bond acceptors (Lipinski definition) is 3. The lowest BCUT2D eigenvalue weighted by molar-refractivity contribution is 0.171. The van der Waals surface area contributed by atoms with Crippen LogP contribution in [0.4, 0.5) is 0 Å². The normalized spacial score (nSPS) is 15.2. The summed E-state index contributed by atoms with van der Waals surface area (Å²) in [7, 11) is 1.99. The van der Waals surface area contributed by atoms with Crippen LogP contribution in [-0.4, -0.2) is 20.3 Å². The topological polar surface area (TPSA) is 30.5 Å². The molecule has 1 aliphatic heterocycles. The average molecular weight is 247 g/mol. The maximum absolute atomic E-state index is 5.61. The summed E-state index contributed by atoms with van der Waals surface area (Å²) in [5.74, 6) is 1.70. The smallest absolute Gasteiger partial charge is 0.161 e. The standard InChI is InChI=1S/C15H21NO2/c1-11(2)4-6-13(16-3)12-5-7-14-15(10-12)18-9-8-17-14/h5,7,10,13,16H,1,4,6,8-9H2,2-3H3. The highest BCUT2D eigenvalue weighted by Crippen LogP contribution is 2.33. The van der Waals surface area contributed by atoms with Crippen LogP contribution in [-0.2, 0) is 0 Å². The van der Waals surface area contributed by atoms with Gasteiger partial charge in [-0.15, -0.1) is 6.58 Å². The summed E-state index contributed by atoms with van der Waals surface area (Å²) in [5, 5.41) is 3.34. The van der Waals surface area contributed by atoms with Crippen molar-refractivity contribution in [2.45, 2.75) is 25.8 Å². The first-order chi connectivity index (χ1) is 8.70. The third-order valence-electron chi connectivity index (χ3n) is 3.18. The first kappa shape index (κ1) is 13.0. The molecule has 2 rings (SSSR count). The summed E-state index contributed by atoms with van der Waals surface area (Å²) in [4.78, 5) is 0. The third-order valence-corrected chi connectivity index (χ3v) is 3.18. The fraction of sp³-hybridized carbons (Fsp3) is 0.467. The molecule has 1 unspecified atom stereocenters. The molecule has 0 spiro atoms. The maximum Gasteiger partial charge on any atom is 0.161 e. The molecule has 3 nitrogen and oxygen atoms in total. The molecule has 1 aromatic carbocycles. The number of hydrogen-bond donors (Lipinski definition) is 1. The lowest BCUT2D eigenvalue weighted by Crippen LogP contribution is -2.18. The lowest BCUT2D eigenvalue weighted by Gasteiger charge is -2.22. The van der Waals surface area contributed by atoms with Gasteiger partial charge in [-0.2, -0.15) is 0 Å². The van der Waals surface area contributed by atoms with Gasteiger partial charge in [0.05, 0.1) is 0 Å². The fourth-order valence-electron chi connectivity index (χ4n) is 2.15. The Labute approximate surface area is 109 Å². The molecule has 0 saturated heterocycles. The maximum atomic E-state index is 5.61. The predicted molar refractivity (Wildman–Crippen MR) is 73.3 cm³/mol. The van der Waals surface area contributed by atoms with Gasteiger partial charge in [0.1, 0.15) is 13.2 Å². The summed E-state index contributed by atoms with van der Waals surface area (Å²) in [6.07, 6.45) is 2.07. The highest BCUT2D eigenvalue weighted by molar-refractivity contribution is 5.44. The van der Waals surface area contributed by atoms with E-state index in [9.17, 15) is 0 Å². The van der Waals surface area contributed by atoms with Gasteiger partial charge in [-0.05, 0) is 44.5 Å². The summed E-state index contributed by atoms with van der Waals surface area (Å²) in [6.45, 7) is 7.29. The van der Waals surface area contributed by atoms with Gasteiger partial charge >= 0.3 is 0 Å². The number of fused-ring (bicyclic) bond motifs is 1. The van der Waals surface area contributed by atoms with Crippen molar-refractivity contribution in [1.29, 1.82) is 0 Å². The number of ether oxygens (including phenoxy) is 2. The van der Waals surface area contributed by atoms with Gasteiger partial charge in [0.15, 0.2) is 11.5 Å². The minimum absolute atomic E-state index is 0.331. The lowest BCUT2D eigenvalue weighted by atomic mass is 9.99. The van der Waals surface area contributed by atoms with Crippen molar-refractivity contribution < 1.29 is 9.47 Å². The zero-order valence-corrected chi connectivity index (χ0v) is 11.2. The second kappa shape index (κ2) is 5.91. The van der Waals surface area contributed by atoms with Crippen molar-refractivity contribution >= 4 is 0 Å². The first-order valence-electron chi connectivity index (χ1n) is 6.42. The first-order valence-corrected chi connectivity index (χ1v) is 6.42. The molecule has 1 aliphatic rings. The quantitative estimate of drug-likeness (QED) is 0.811.